The molecule has 2 aromatic heterocycles. The molecule has 5 aromatic rings. The summed E-state index contributed by atoms with van der Waals surface area (Å²) in [5, 5.41) is 3.02. The topological polar surface area (TPSA) is 112 Å². The van der Waals surface area contributed by atoms with Gasteiger partial charge in [-0.05, 0) is 23.3 Å². The van der Waals surface area contributed by atoms with Crippen molar-refractivity contribution < 1.29 is 14.3 Å². The van der Waals surface area contributed by atoms with E-state index in [1.807, 2.05) is 60.7 Å². The Balaban J connectivity index is 1.38. The monoisotopic (exact) mass is 520 g/mol. The van der Waals surface area contributed by atoms with Gasteiger partial charge >= 0.3 is 11.7 Å². The van der Waals surface area contributed by atoms with Crippen molar-refractivity contribution in [1.82, 2.24) is 14.1 Å². The van der Waals surface area contributed by atoms with Crippen molar-refractivity contribution in [3.05, 3.63) is 117 Å². The van der Waals surface area contributed by atoms with E-state index in [1.54, 1.807) is 24.3 Å². The highest BCUT2D eigenvalue weighted by Crippen LogP contribution is 2.28. The molecule has 0 spiro atoms. The van der Waals surface area contributed by atoms with E-state index in [4.69, 9.17) is 9.72 Å². The third-order valence-corrected chi connectivity index (χ3v) is 6.35. The molecule has 0 bridgehead atoms. The number of aromatic nitrogens is 3. The quantitative estimate of drug-likeness (QED) is 0.341. The van der Waals surface area contributed by atoms with Crippen molar-refractivity contribution in [3.8, 4) is 22.4 Å². The van der Waals surface area contributed by atoms with Gasteiger partial charge in [0.1, 0.15) is 5.82 Å². The van der Waals surface area contributed by atoms with Crippen molar-refractivity contribution in [2.24, 2.45) is 14.1 Å². The normalized spacial score (nSPS) is 10.8. The number of esters is 1. The molecular formula is C30H24N4O5. The zero-order valence-corrected chi connectivity index (χ0v) is 21.3. The summed E-state index contributed by atoms with van der Waals surface area (Å²) in [5.41, 5.74) is 3.25. The van der Waals surface area contributed by atoms with Crippen LogP contribution in [0.2, 0.25) is 0 Å². The number of nitrogens with one attached hydrogen (secondary N) is 1. The molecule has 1 amide bonds. The number of hydrogen-bond donors (Lipinski definition) is 1. The first-order chi connectivity index (χ1) is 18.8. The lowest BCUT2D eigenvalue weighted by Crippen LogP contribution is -2.38. The van der Waals surface area contributed by atoms with Crippen LogP contribution in [-0.4, -0.2) is 32.6 Å². The van der Waals surface area contributed by atoms with E-state index in [2.05, 4.69) is 5.32 Å². The Kier molecular flexibility index (Phi) is 6.88. The van der Waals surface area contributed by atoms with Crippen molar-refractivity contribution in [2.45, 2.75) is 0 Å². The van der Waals surface area contributed by atoms with Crippen LogP contribution >= 0.6 is 0 Å². The molecule has 9 nitrogen and oxygen atoms in total. The number of para-hydroxylation sites is 1. The van der Waals surface area contributed by atoms with E-state index in [0.29, 0.717) is 16.6 Å². The molecule has 0 saturated heterocycles. The van der Waals surface area contributed by atoms with Gasteiger partial charge < -0.3 is 10.1 Å². The van der Waals surface area contributed by atoms with Crippen LogP contribution in [0.4, 0.5) is 5.82 Å². The number of hydrogen-bond acceptors (Lipinski definition) is 6. The van der Waals surface area contributed by atoms with Crippen molar-refractivity contribution >= 4 is 28.6 Å². The molecule has 0 saturated carbocycles. The van der Waals surface area contributed by atoms with Gasteiger partial charge in [0.05, 0.1) is 16.8 Å². The minimum absolute atomic E-state index is 0.000235. The first-order valence-electron chi connectivity index (χ1n) is 12.1. The molecule has 0 atom stereocenters. The van der Waals surface area contributed by atoms with Gasteiger partial charge in [-0.3, -0.25) is 18.7 Å². The maximum atomic E-state index is 13.1. The van der Waals surface area contributed by atoms with Crippen LogP contribution in [0.3, 0.4) is 0 Å². The number of carbonyl (C=O) groups excluding carboxylic acids is 2. The number of rotatable bonds is 6. The number of pyridine rings is 1. The molecule has 0 aliphatic rings. The predicted molar refractivity (Wildman–Crippen MR) is 148 cm³/mol. The van der Waals surface area contributed by atoms with Crippen LogP contribution in [0.5, 0.6) is 0 Å². The molecule has 5 rings (SSSR count). The average Bonchev–Trinajstić information content (AvgIpc) is 2.97. The number of benzene rings is 3. The van der Waals surface area contributed by atoms with Gasteiger partial charge in [-0.15, -0.1) is 0 Å². The lowest BCUT2D eigenvalue weighted by Gasteiger charge is -2.12. The Hall–Kier alpha value is -5.31. The van der Waals surface area contributed by atoms with E-state index in [0.717, 1.165) is 31.9 Å². The minimum atomic E-state index is -0.705. The lowest BCUT2D eigenvalue weighted by molar-refractivity contribution is -0.119. The summed E-state index contributed by atoms with van der Waals surface area (Å²) < 4.78 is 7.34. The third kappa shape index (κ3) is 5.24. The van der Waals surface area contributed by atoms with E-state index in [9.17, 15) is 19.2 Å². The van der Waals surface area contributed by atoms with Gasteiger partial charge in [-0.1, -0.05) is 72.8 Å². The summed E-state index contributed by atoms with van der Waals surface area (Å²) in [6.07, 6.45) is 0. The van der Waals surface area contributed by atoms with E-state index < -0.39 is 29.7 Å². The maximum absolute atomic E-state index is 13.1. The van der Waals surface area contributed by atoms with Crippen LogP contribution in [0.1, 0.15) is 10.4 Å². The summed E-state index contributed by atoms with van der Waals surface area (Å²) in [4.78, 5) is 54.3. The number of amides is 1. The Bertz CT molecular complexity index is 1820. The molecule has 39 heavy (non-hydrogen) atoms. The Morgan fingerprint density at radius 1 is 0.795 bits per heavy atom. The molecule has 194 valence electrons. The summed E-state index contributed by atoms with van der Waals surface area (Å²) in [6, 6.07) is 27.8. The molecule has 0 aliphatic heterocycles. The van der Waals surface area contributed by atoms with Crippen LogP contribution < -0.4 is 16.6 Å². The second-order valence-corrected chi connectivity index (χ2v) is 8.91. The molecule has 1 N–H and O–H groups in total. The molecule has 0 radical (unpaired) electrons. The second-order valence-electron chi connectivity index (χ2n) is 8.91. The van der Waals surface area contributed by atoms with Crippen LogP contribution in [-0.2, 0) is 23.6 Å². The highest BCUT2D eigenvalue weighted by molar-refractivity contribution is 6.05. The predicted octanol–water partition coefficient (Wildman–Crippen LogP) is 3.76. The number of carbonyl (C=O) groups is 2. The smallest absolute Gasteiger partial charge is 0.339 e. The number of nitrogens with zero attached hydrogens (tertiary/aromatic N) is 3. The fraction of sp³-hybridized carbons (Fsp3) is 0.100. The van der Waals surface area contributed by atoms with Crippen LogP contribution in [0, 0.1) is 0 Å². The fourth-order valence-electron chi connectivity index (χ4n) is 4.20. The van der Waals surface area contributed by atoms with Crippen molar-refractivity contribution in [3.63, 3.8) is 0 Å². The summed E-state index contributed by atoms with van der Waals surface area (Å²) >= 11 is 0. The molecule has 9 heteroatoms. The SMILES string of the molecule is Cn1c(NC(=O)COC(=O)c2cc(-c3ccc(-c4ccccc4)cc3)nc3ccccc23)cc(=O)n(C)c1=O. The highest BCUT2D eigenvalue weighted by Gasteiger charge is 2.17. The third-order valence-electron chi connectivity index (χ3n) is 6.35. The minimum Gasteiger partial charge on any atom is -0.452 e. The van der Waals surface area contributed by atoms with Gasteiger partial charge in [-0.25, -0.2) is 14.6 Å². The zero-order chi connectivity index (χ0) is 27.5. The number of fused-ring (bicyclic) bond motifs is 1. The molecule has 0 unspecified atom stereocenters. The number of ether oxygens (including phenoxy) is 1. The highest BCUT2D eigenvalue weighted by atomic mass is 16.5. The maximum Gasteiger partial charge on any atom is 0.339 e. The molecule has 3 aromatic carbocycles. The van der Waals surface area contributed by atoms with Gasteiger partial charge in [0, 0.05) is 31.1 Å². The fourth-order valence-corrected chi connectivity index (χ4v) is 4.20. The first kappa shape index (κ1) is 25.3. The standard InChI is InChI=1S/C30H24N4O5/c1-33-26(17-28(36)34(2)30(33)38)32-27(35)18-39-29(37)23-16-25(31-24-11-7-6-10-22(23)24)21-14-12-20(13-15-21)19-8-4-3-5-9-19/h3-17H,18H2,1-2H3,(H,32,35). The number of anilines is 1. The van der Waals surface area contributed by atoms with E-state index in [-0.39, 0.29) is 11.4 Å². The van der Waals surface area contributed by atoms with E-state index >= 15 is 0 Å². The Morgan fingerprint density at radius 2 is 1.44 bits per heavy atom. The van der Waals surface area contributed by atoms with Gasteiger partial charge in [0.15, 0.2) is 6.61 Å². The molecule has 0 aliphatic carbocycles. The zero-order valence-electron chi connectivity index (χ0n) is 21.3. The lowest BCUT2D eigenvalue weighted by atomic mass is 10.0. The van der Waals surface area contributed by atoms with Gasteiger partial charge in [0.2, 0.25) is 0 Å². The largest absolute Gasteiger partial charge is 0.452 e. The van der Waals surface area contributed by atoms with E-state index in [1.165, 1.54) is 14.1 Å². The Labute approximate surface area is 222 Å². The van der Waals surface area contributed by atoms with Gasteiger partial charge in [-0.2, -0.15) is 0 Å². The van der Waals surface area contributed by atoms with Gasteiger partial charge in [0.25, 0.3) is 11.5 Å². The molecule has 0 fully saturated rings. The second kappa shape index (κ2) is 10.6. The summed E-state index contributed by atoms with van der Waals surface area (Å²) in [5.74, 6) is -1.40. The summed E-state index contributed by atoms with van der Waals surface area (Å²) in [6.45, 7) is -0.611. The molecular weight excluding hydrogens is 496 g/mol. The molecule has 2 heterocycles. The Morgan fingerprint density at radius 3 is 2.18 bits per heavy atom. The van der Waals surface area contributed by atoms with Crippen LogP contribution in [0.15, 0.2) is 101 Å². The van der Waals surface area contributed by atoms with Crippen LogP contribution in [0.25, 0.3) is 33.3 Å². The first-order valence-corrected chi connectivity index (χ1v) is 12.1. The average molecular weight is 521 g/mol. The van der Waals surface area contributed by atoms with Crippen molar-refractivity contribution in [1.29, 1.82) is 0 Å². The van der Waals surface area contributed by atoms with Crippen molar-refractivity contribution in [2.75, 3.05) is 11.9 Å². The summed E-state index contributed by atoms with van der Waals surface area (Å²) in [7, 11) is 2.75.